The average Bonchev–Trinajstić information content (AvgIpc) is 3.05. The minimum absolute atomic E-state index is 0.659. The summed E-state index contributed by atoms with van der Waals surface area (Å²) in [4.78, 5) is 1.32. The van der Waals surface area contributed by atoms with Crippen LogP contribution in [-0.4, -0.2) is 58.1 Å². The first-order chi connectivity index (χ1) is 22.4. The van der Waals surface area contributed by atoms with E-state index in [0.717, 1.165) is 0 Å². The molecule has 0 aliphatic carbocycles. The molecular weight excluding hydrogens is 692 g/mol. The highest BCUT2D eigenvalue weighted by atomic mass is 79.9. The Labute approximate surface area is 309 Å². The minimum Gasteiger partial charge on any atom is -0.312 e. The number of nitrogens with zero attached hydrogens (tertiary/aromatic N) is 2. The second-order valence-electron chi connectivity index (χ2n) is 15.3. The van der Waals surface area contributed by atoms with E-state index in [0.29, 0.717) is 9.90 Å². The van der Waals surface area contributed by atoms with Gasteiger partial charge < -0.3 is 8.97 Å². The van der Waals surface area contributed by atoms with Gasteiger partial charge in [-0.2, -0.15) is 0 Å². The van der Waals surface area contributed by atoms with E-state index in [1.165, 1.54) is 228 Å². The Kier molecular flexibility index (Phi) is 33.7. The smallest absolute Gasteiger partial charge is 0.144 e. The molecule has 0 rings (SSSR count). The van der Waals surface area contributed by atoms with Crippen molar-refractivity contribution >= 4 is 31.9 Å². The molecule has 46 heavy (non-hydrogen) atoms. The van der Waals surface area contributed by atoms with Gasteiger partial charge in [-0.1, -0.05) is 119 Å². The summed E-state index contributed by atoms with van der Waals surface area (Å²) in [6, 6.07) is 0. The lowest BCUT2D eigenvalue weighted by Gasteiger charge is -2.43. The van der Waals surface area contributed by atoms with Gasteiger partial charge in [0.2, 0.25) is 0 Å². The Morgan fingerprint density at radius 3 is 0.674 bits per heavy atom. The van der Waals surface area contributed by atoms with Gasteiger partial charge in [0.05, 0.1) is 39.3 Å². The number of alkyl halides is 2. The monoisotopic (exact) mass is 779 g/mol. The van der Waals surface area contributed by atoms with Crippen LogP contribution in [-0.2, 0) is 0 Å². The van der Waals surface area contributed by atoms with Gasteiger partial charge in [-0.05, 0) is 122 Å². The SMILES string of the molecule is CCCCC[N+](CCCCC)(CCCCC)C(Br)CCCCCCCCCCC(Br)[N+](CCCCC)(CCCCC)CCCCC. The van der Waals surface area contributed by atoms with Gasteiger partial charge in [0.15, 0.2) is 0 Å². The molecule has 0 saturated carbocycles. The Morgan fingerprint density at radius 1 is 0.283 bits per heavy atom. The third kappa shape index (κ3) is 22.6. The maximum atomic E-state index is 4.31. The number of unbranched alkanes of at least 4 members (excludes halogenated alkanes) is 19. The summed E-state index contributed by atoms with van der Waals surface area (Å²) in [6.07, 6.45) is 39.0. The summed E-state index contributed by atoms with van der Waals surface area (Å²) in [6.45, 7) is 22.5. The zero-order valence-electron chi connectivity index (χ0n) is 32.8. The van der Waals surface area contributed by atoms with E-state index >= 15 is 0 Å². The van der Waals surface area contributed by atoms with Crippen LogP contribution in [0.5, 0.6) is 0 Å². The largest absolute Gasteiger partial charge is 0.312 e. The van der Waals surface area contributed by atoms with E-state index in [2.05, 4.69) is 73.4 Å². The van der Waals surface area contributed by atoms with Crippen molar-refractivity contribution in [2.24, 2.45) is 0 Å². The maximum absolute atomic E-state index is 4.31. The van der Waals surface area contributed by atoms with Gasteiger partial charge in [0.25, 0.3) is 0 Å². The van der Waals surface area contributed by atoms with Crippen molar-refractivity contribution in [2.45, 2.75) is 231 Å². The van der Waals surface area contributed by atoms with Crippen molar-refractivity contribution in [1.82, 2.24) is 0 Å². The van der Waals surface area contributed by atoms with Crippen LogP contribution in [0.2, 0.25) is 0 Å². The molecule has 2 atom stereocenters. The quantitative estimate of drug-likeness (QED) is 0.0255. The Bertz CT molecular complexity index is 507. The highest BCUT2D eigenvalue weighted by Crippen LogP contribution is 2.30. The fourth-order valence-electron chi connectivity index (χ4n) is 7.81. The second kappa shape index (κ2) is 33.0. The minimum atomic E-state index is 0.659. The predicted molar refractivity (Wildman–Crippen MR) is 218 cm³/mol. The molecule has 0 aromatic rings. The van der Waals surface area contributed by atoms with Gasteiger partial charge in [0.1, 0.15) is 9.90 Å². The molecule has 0 aromatic heterocycles. The lowest BCUT2D eigenvalue weighted by Crippen LogP contribution is -2.54. The number of rotatable bonds is 37. The van der Waals surface area contributed by atoms with Crippen molar-refractivity contribution in [1.29, 1.82) is 0 Å². The van der Waals surface area contributed by atoms with Crippen LogP contribution < -0.4 is 0 Å². The Hall–Kier alpha value is 0.880. The number of halogens is 2. The van der Waals surface area contributed by atoms with Gasteiger partial charge in [-0.15, -0.1) is 0 Å². The van der Waals surface area contributed by atoms with Crippen molar-refractivity contribution in [3.63, 3.8) is 0 Å². The van der Waals surface area contributed by atoms with Crippen LogP contribution in [0.3, 0.4) is 0 Å². The summed E-state index contributed by atoms with van der Waals surface area (Å²) in [7, 11) is 0. The molecule has 2 nitrogen and oxygen atoms in total. The van der Waals surface area contributed by atoms with Crippen LogP contribution >= 0.6 is 31.9 Å². The van der Waals surface area contributed by atoms with E-state index in [4.69, 9.17) is 0 Å². The number of quaternary nitrogens is 2. The Balaban J connectivity index is 4.66. The highest BCUT2D eigenvalue weighted by Gasteiger charge is 2.34. The molecule has 0 spiro atoms. The van der Waals surface area contributed by atoms with Crippen molar-refractivity contribution in [2.75, 3.05) is 39.3 Å². The number of hydrogen-bond donors (Lipinski definition) is 0. The molecule has 0 aliphatic rings. The normalized spacial score (nSPS) is 13.8. The zero-order chi connectivity index (χ0) is 34.2. The van der Waals surface area contributed by atoms with E-state index in [1.54, 1.807) is 0 Å². The first kappa shape index (κ1) is 46.9. The summed E-state index contributed by atoms with van der Waals surface area (Å²) < 4.78 is 2.70. The molecule has 0 aromatic carbocycles. The molecule has 4 heteroatoms. The highest BCUT2D eigenvalue weighted by molar-refractivity contribution is 9.09. The van der Waals surface area contributed by atoms with Crippen molar-refractivity contribution in [3.8, 4) is 0 Å². The van der Waals surface area contributed by atoms with E-state index in [-0.39, 0.29) is 0 Å². The van der Waals surface area contributed by atoms with Gasteiger partial charge in [-0.3, -0.25) is 0 Å². The summed E-state index contributed by atoms with van der Waals surface area (Å²) >= 11 is 8.63. The van der Waals surface area contributed by atoms with Gasteiger partial charge >= 0.3 is 0 Å². The van der Waals surface area contributed by atoms with Crippen LogP contribution in [0, 0.1) is 0 Å². The van der Waals surface area contributed by atoms with Gasteiger partial charge in [-0.25, -0.2) is 0 Å². The zero-order valence-corrected chi connectivity index (χ0v) is 36.0. The standard InChI is InChI=1S/C42H88Br2N2/c1-7-13-27-35-45(36-28-14-8-2,37-29-15-9-3)41(43)33-25-23-21-19-20-22-24-26-34-42(44)46(38-30-16-10-4,39-31-17-11-5)40-32-18-12-6/h41-42H,7-40H2,1-6H3/q+2. The fourth-order valence-corrected chi connectivity index (χ4v) is 9.68. The molecule has 278 valence electrons. The molecule has 0 N–H and O–H groups in total. The topological polar surface area (TPSA) is 0 Å². The van der Waals surface area contributed by atoms with Crippen molar-refractivity contribution < 1.29 is 8.97 Å². The predicted octanol–water partition coefficient (Wildman–Crippen LogP) is 15.1. The summed E-state index contributed by atoms with van der Waals surface area (Å²) in [5, 5.41) is 0. The molecule has 0 radical (unpaired) electrons. The first-order valence-corrected chi connectivity index (χ1v) is 23.2. The molecule has 0 heterocycles. The average molecular weight is 781 g/mol. The van der Waals surface area contributed by atoms with Crippen molar-refractivity contribution in [3.05, 3.63) is 0 Å². The summed E-state index contributed by atoms with van der Waals surface area (Å²) in [5.74, 6) is 0. The number of hydrogen-bond acceptors (Lipinski definition) is 0. The maximum Gasteiger partial charge on any atom is 0.144 e. The van der Waals surface area contributed by atoms with Crippen LogP contribution in [0.15, 0.2) is 0 Å². The third-order valence-corrected chi connectivity index (χ3v) is 13.7. The van der Waals surface area contributed by atoms with E-state index in [9.17, 15) is 0 Å². The molecule has 0 saturated heterocycles. The van der Waals surface area contributed by atoms with Gasteiger partial charge in [0, 0.05) is 12.8 Å². The fraction of sp³-hybridized carbons (Fsp3) is 1.00. The summed E-state index contributed by atoms with van der Waals surface area (Å²) in [5.41, 5.74) is 0. The molecule has 0 fully saturated rings. The molecule has 2 unspecified atom stereocenters. The molecule has 0 aliphatic heterocycles. The second-order valence-corrected chi connectivity index (χ2v) is 17.4. The van der Waals surface area contributed by atoms with Crippen LogP contribution in [0.4, 0.5) is 0 Å². The lowest BCUT2D eigenvalue weighted by atomic mass is 10.0. The van der Waals surface area contributed by atoms with E-state index < -0.39 is 0 Å². The van der Waals surface area contributed by atoms with E-state index in [1.807, 2.05) is 0 Å². The molecule has 0 bridgehead atoms. The molecule has 0 amide bonds. The van der Waals surface area contributed by atoms with Crippen LogP contribution in [0.25, 0.3) is 0 Å². The molecular formula is C42H88Br2N2+2. The lowest BCUT2D eigenvalue weighted by molar-refractivity contribution is -0.937. The van der Waals surface area contributed by atoms with Crippen LogP contribution in [0.1, 0.15) is 221 Å². The third-order valence-electron chi connectivity index (χ3n) is 11.1. The Morgan fingerprint density at radius 2 is 0.478 bits per heavy atom. The first-order valence-electron chi connectivity index (χ1n) is 21.4.